The van der Waals surface area contributed by atoms with Gasteiger partial charge in [-0.1, -0.05) is 49.1 Å². The Kier molecular flexibility index (Phi) is 4.26. The molecule has 1 fully saturated rings. The van der Waals surface area contributed by atoms with E-state index in [0.717, 1.165) is 51.4 Å². The molecule has 1 atom stereocenters. The van der Waals surface area contributed by atoms with Gasteiger partial charge in [0.05, 0.1) is 5.69 Å². The molecule has 1 aromatic carbocycles. The number of imide groups is 1. The molecule has 1 saturated carbocycles. The van der Waals surface area contributed by atoms with Crippen molar-refractivity contribution in [3.8, 4) is 0 Å². The topological polar surface area (TPSA) is 57.6 Å². The number of para-hydroxylation sites is 1. The first kappa shape index (κ1) is 17.5. The Morgan fingerprint density at radius 3 is 2.46 bits per heavy atom. The van der Waals surface area contributed by atoms with Gasteiger partial charge in [0, 0.05) is 17.9 Å². The molecule has 4 nitrogen and oxygen atoms in total. The fourth-order valence-electron chi connectivity index (χ4n) is 5.48. The lowest BCUT2D eigenvalue weighted by molar-refractivity contribution is -0.154. The molecule has 4 heteroatoms. The van der Waals surface area contributed by atoms with Crippen LogP contribution in [0.2, 0.25) is 0 Å². The number of hydrogen-bond acceptors (Lipinski definition) is 3. The average molecular weight is 353 g/mol. The number of benzene rings is 1. The molecule has 1 N–H and O–H groups in total. The Hall–Kier alpha value is -1.94. The Bertz CT molecular complexity index is 775. The summed E-state index contributed by atoms with van der Waals surface area (Å²) in [6.07, 6.45) is 11.3. The zero-order valence-electron chi connectivity index (χ0n) is 15.5. The van der Waals surface area contributed by atoms with Crippen LogP contribution in [0.3, 0.4) is 0 Å². The Balaban J connectivity index is 1.94. The van der Waals surface area contributed by atoms with E-state index >= 15 is 0 Å². The highest BCUT2D eigenvalue weighted by molar-refractivity contribution is 6.22. The van der Waals surface area contributed by atoms with Gasteiger partial charge in [0.2, 0.25) is 5.91 Å². The first-order chi connectivity index (χ1) is 12.5. The number of nitrogens with zero attached hydrogens (tertiary/aromatic N) is 1. The van der Waals surface area contributed by atoms with E-state index in [9.17, 15) is 14.7 Å². The SMILES string of the molecule is CC(=O)N1C(=O)C(O)(C2(C3=CCCCC3)CCCCC2)c2ccccc21. The number of carbonyl (C=O) groups excluding carboxylic acids is 2. The summed E-state index contributed by atoms with van der Waals surface area (Å²) < 4.78 is 0. The summed E-state index contributed by atoms with van der Waals surface area (Å²) in [6.45, 7) is 1.40. The summed E-state index contributed by atoms with van der Waals surface area (Å²) in [5.41, 5.74) is 0.170. The standard InChI is InChI=1S/C22H27NO3/c1-16(24)23-19-13-7-6-12-18(19)22(26,20(23)25)21(14-8-3-9-15-21)17-10-4-2-5-11-17/h6-7,10,12-13,26H,2-5,8-9,11,14-15H2,1H3. The van der Waals surface area contributed by atoms with Crippen LogP contribution in [0.1, 0.15) is 70.3 Å². The quantitative estimate of drug-likeness (QED) is 0.810. The van der Waals surface area contributed by atoms with Gasteiger partial charge in [-0.25, -0.2) is 4.90 Å². The van der Waals surface area contributed by atoms with Gasteiger partial charge < -0.3 is 5.11 Å². The van der Waals surface area contributed by atoms with Gasteiger partial charge in [0.25, 0.3) is 5.91 Å². The molecule has 3 aliphatic rings. The van der Waals surface area contributed by atoms with Crippen LogP contribution in [-0.2, 0) is 15.2 Å². The first-order valence-electron chi connectivity index (χ1n) is 9.89. The predicted octanol–water partition coefficient (Wildman–Crippen LogP) is 4.22. The molecule has 1 aromatic rings. The van der Waals surface area contributed by atoms with Crippen molar-refractivity contribution < 1.29 is 14.7 Å². The highest BCUT2D eigenvalue weighted by Crippen LogP contribution is 2.60. The lowest BCUT2D eigenvalue weighted by Gasteiger charge is -2.49. The Morgan fingerprint density at radius 2 is 1.81 bits per heavy atom. The van der Waals surface area contributed by atoms with E-state index in [1.165, 1.54) is 23.8 Å². The number of rotatable bonds is 2. The minimum Gasteiger partial charge on any atom is -0.375 e. The molecule has 26 heavy (non-hydrogen) atoms. The van der Waals surface area contributed by atoms with Crippen molar-refractivity contribution in [2.75, 3.05) is 4.90 Å². The van der Waals surface area contributed by atoms with Crippen LogP contribution in [0, 0.1) is 5.41 Å². The zero-order chi connectivity index (χ0) is 18.4. The van der Waals surface area contributed by atoms with Gasteiger partial charge in [0.15, 0.2) is 5.60 Å². The van der Waals surface area contributed by atoms with Crippen molar-refractivity contribution >= 4 is 17.5 Å². The molecule has 1 aliphatic heterocycles. The van der Waals surface area contributed by atoms with Crippen molar-refractivity contribution in [1.29, 1.82) is 0 Å². The van der Waals surface area contributed by atoms with Crippen molar-refractivity contribution in [1.82, 2.24) is 0 Å². The lowest BCUT2D eigenvalue weighted by atomic mass is 9.56. The van der Waals surface area contributed by atoms with Crippen LogP contribution < -0.4 is 4.90 Å². The number of amides is 2. The van der Waals surface area contributed by atoms with Crippen LogP contribution in [0.5, 0.6) is 0 Å². The predicted molar refractivity (Wildman–Crippen MR) is 101 cm³/mol. The molecule has 0 saturated heterocycles. The molecule has 2 aliphatic carbocycles. The smallest absolute Gasteiger partial charge is 0.271 e. The minimum absolute atomic E-state index is 0.332. The molecule has 4 rings (SSSR count). The third kappa shape index (κ3) is 2.24. The van der Waals surface area contributed by atoms with Gasteiger partial charge in [-0.2, -0.15) is 0 Å². The molecule has 138 valence electrons. The van der Waals surface area contributed by atoms with E-state index in [0.29, 0.717) is 11.3 Å². The van der Waals surface area contributed by atoms with Crippen molar-refractivity contribution in [2.45, 2.75) is 70.3 Å². The summed E-state index contributed by atoms with van der Waals surface area (Å²) in [5.74, 6) is -0.790. The average Bonchev–Trinajstić information content (AvgIpc) is 2.92. The summed E-state index contributed by atoms with van der Waals surface area (Å²) in [4.78, 5) is 26.9. The second-order valence-electron chi connectivity index (χ2n) is 8.01. The van der Waals surface area contributed by atoms with Gasteiger partial charge >= 0.3 is 0 Å². The summed E-state index contributed by atoms with van der Waals surface area (Å²) in [7, 11) is 0. The van der Waals surface area contributed by atoms with E-state index in [-0.39, 0.29) is 5.91 Å². The number of carbonyl (C=O) groups is 2. The third-order valence-electron chi connectivity index (χ3n) is 6.67. The van der Waals surface area contributed by atoms with Crippen LogP contribution in [-0.4, -0.2) is 16.9 Å². The maximum absolute atomic E-state index is 13.5. The van der Waals surface area contributed by atoms with Crippen LogP contribution in [0.15, 0.2) is 35.9 Å². The molecular formula is C22H27NO3. The Labute approximate surface area is 154 Å². The fraction of sp³-hybridized carbons (Fsp3) is 0.545. The maximum atomic E-state index is 13.5. The number of allylic oxidation sites excluding steroid dienone is 1. The second kappa shape index (κ2) is 6.34. The van der Waals surface area contributed by atoms with Gasteiger partial charge in [-0.15, -0.1) is 0 Å². The van der Waals surface area contributed by atoms with E-state index in [1.54, 1.807) is 6.07 Å². The molecule has 1 heterocycles. The molecule has 0 radical (unpaired) electrons. The first-order valence-corrected chi connectivity index (χ1v) is 9.89. The van der Waals surface area contributed by atoms with Crippen molar-refractivity contribution in [2.24, 2.45) is 5.41 Å². The second-order valence-corrected chi connectivity index (χ2v) is 8.01. The fourth-order valence-corrected chi connectivity index (χ4v) is 5.48. The highest BCUT2D eigenvalue weighted by Gasteiger charge is 2.64. The highest BCUT2D eigenvalue weighted by atomic mass is 16.3. The maximum Gasteiger partial charge on any atom is 0.271 e. The summed E-state index contributed by atoms with van der Waals surface area (Å²) >= 11 is 0. The van der Waals surface area contributed by atoms with Crippen molar-refractivity contribution in [3.05, 3.63) is 41.5 Å². The number of fused-ring (bicyclic) bond motifs is 1. The van der Waals surface area contributed by atoms with E-state index in [1.807, 2.05) is 18.2 Å². The third-order valence-corrected chi connectivity index (χ3v) is 6.67. The molecule has 2 amide bonds. The van der Waals surface area contributed by atoms with Crippen molar-refractivity contribution in [3.63, 3.8) is 0 Å². The van der Waals surface area contributed by atoms with E-state index < -0.39 is 16.9 Å². The Morgan fingerprint density at radius 1 is 1.08 bits per heavy atom. The largest absolute Gasteiger partial charge is 0.375 e. The molecule has 0 aromatic heterocycles. The van der Waals surface area contributed by atoms with E-state index in [2.05, 4.69) is 6.08 Å². The normalized spacial score (nSPS) is 27.8. The van der Waals surface area contributed by atoms with Gasteiger partial charge in [0.1, 0.15) is 0 Å². The monoisotopic (exact) mass is 353 g/mol. The number of aliphatic hydroxyl groups is 1. The molecule has 0 bridgehead atoms. The minimum atomic E-state index is -1.64. The van der Waals surface area contributed by atoms with Crippen LogP contribution in [0.4, 0.5) is 5.69 Å². The molecular weight excluding hydrogens is 326 g/mol. The van der Waals surface area contributed by atoms with Crippen LogP contribution in [0.25, 0.3) is 0 Å². The van der Waals surface area contributed by atoms with Crippen LogP contribution >= 0.6 is 0 Å². The zero-order valence-corrected chi connectivity index (χ0v) is 15.5. The summed E-state index contributed by atoms with van der Waals surface area (Å²) in [5, 5.41) is 12.1. The number of hydrogen-bond donors (Lipinski definition) is 1. The van der Waals surface area contributed by atoms with E-state index in [4.69, 9.17) is 0 Å². The van der Waals surface area contributed by atoms with Gasteiger partial charge in [-0.3, -0.25) is 9.59 Å². The summed E-state index contributed by atoms with van der Waals surface area (Å²) in [6, 6.07) is 7.28. The van der Waals surface area contributed by atoms with Gasteiger partial charge in [-0.05, 0) is 44.6 Å². The number of anilines is 1. The molecule has 0 spiro atoms. The molecule has 1 unspecified atom stereocenters. The lowest BCUT2D eigenvalue weighted by Crippen LogP contribution is -2.55.